The second kappa shape index (κ2) is 4.39. The number of benzene rings is 1. The van der Waals surface area contributed by atoms with Crippen LogP contribution in [0.25, 0.3) is 0 Å². The minimum absolute atomic E-state index is 0.276. The largest absolute Gasteiger partial charge is 0.478 e. The number of ether oxygens (including phenoxy) is 1. The highest BCUT2D eigenvalue weighted by molar-refractivity contribution is 9.10. The van der Waals surface area contributed by atoms with Crippen LogP contribution >= 0.6 is 15.9 Å². The van der Waals surface area contributed by atoms with Gasteiger partial charge in [0.05, 0.1) is 18.6 Å². The number of halogens is 1. The van der Waals surface area contributed by atoms with E-state index >= 15 is 0 Å². The van der Waals surface area contributed by atoms with Crippen molar-refractivity contribution in [2.45, 2.75) is 5.41 Å². The Labute approximate surface area is 102 Å². The van der Waals surface area contributed by atoms with E-state index in [2.05, 4.69) is 15.9 Å². The third-order valence-corrected chi connectivity index (χ3v) is 3.16. The van der Waals surface area contributed by atoms with Crippen molar-refractivity contribution in [3.8, 4) is 0 Å². The molecule has 0 bridgehead atoms. The van der Waals surface area contributed by atoms with Gasteiger partial charge in [-0.25, -0.2) is 4.79 Å². The first-order chi connectivity index (χ1) is 7.62. The van der Waals surface area contributed by atoms with Crippen molar-refractivity contribution in [1.82, 2.24) is 0 Å². The number of aliphatic carboxylic acids is 1. The number of carboxylic acid groups (broad SMARTS) is 1. The van der Waals surface area contributed by atoms with E-state index in [0.29, 0.717) is 13.2 Å². The summed E-state index contributed by atoms with van der Waals surface area (Å²) in [6, 6.07) is 7.86. The van der Waals surface area contributed by atoms with Crippen LogP contribution in [-0.4, -0.2) is 24.3 Å². The summed E-state index contributed by atoms with van der Waals surface area (Å²) in [5.74, 6) is -0.929. The van der Waals surface area contributed by atoms with Gasteiger partial charge in [0.15, 0.2) is 0 Å². The molecule has 0 saturated carbocycles. The van der Waals surface area contributed by atoms with Crippen LogP contribution in [0, 0.1) is 0 Å². The highest BCUT2D eigenvalue weighted by atomic mass is 79.9. The molecule has 84 valence electrons. The monoisotopic (exact) mass is 282 g/mol. The van der Waals surface area contributed by atoms with E-state index in [4.69, 9.17) is 9.84 Å². The molecule has 1 aliphatic heterocycles. The standard InChI is InChI=1S/C12H11BrO3/c13-10-3-1-2-9(6-10)12(7-16-8-12)5-4-11(14)15/h1-6H,7-8H2,(H,14,15)/b5-4+. The van der Waals surface area contributed by atoms with Crippen LogP contribution in [0.4, 0.5) is 0 Å². The Morgan fingerprint density at radius 1 is 1.50 bits per heavy atom. The van der Waals surface area contributed by atoms with Crippen molar-refractivity contribution in [2.24, 2.45) is 0 Å². The first kappa shape index (κ1) is 11.4. The van der Waals surface area contributed by atoms with E-state index in [-0.39, 0.29) is 5.41 Å². The fourth-order valence-electron chi connectivity index (χ4n) is 1.71. The van der Waals surface area contributed by atoms with Crippen LogP contribution in [0.2, 0.25) is 0 Å². The zero-order chi connectivity index (χ0) is 11.6. The number of rotatable bonds is 3. The number of carbonyl (C=O) groups is 1. The molecule has 1 aromatic rings. The normalized spacial score (nSPS) is 18.3. The molecule has 0 aromatic heterocycles. The topological polar surface area (TPSA) is 46.5 Å². The van der Waals surface area contributed by atoms with Crippen LogP contribution < -0.4 is 0 Å². The first-order valence-electron chi connectivity index (χ1n) is 4.88. The summed E-state index contributed by atoms with van der Waals surface area (Å²) in [5.41, 5.74) is 0.799. The van der Waals surface area contributed by atoms with E-state index in [1.165, 1.54) is 6.08 Å². The molecule has 4 heteroatoms. The quantitative estimate of drug-likeness (QED) is 0.866. The maximum absolute atomic E-state index is 10.5. The molecule has 0 spiro atoms. The lowest BCUT2D eigenvalue weighted by molar-refractivity contribution is -0.131. The van der Waals surface area contributed by atoms with E-state index in [1.807, 2.05) is 24.3 Å². The van der Waals surface area contributed by atoms with Gasteiger partial charge in [-0.05, 0) is 17.7 Å². The van der Waals surface area contributed by atoms with E-state index in [1.54, 1.807) is 6.08 Å². The maximum Gasteiger partial charge on any atom is 0.328 e. The molecular weight excluding hydrogens is 272 g/mol. The molecular formula is C12H11BrO3. The molecule has 1 fully saturated rings. The molecule has 0 amide bonds. The van der Waals surface area contributed by atoms with Gasteiger partial charge in [0.25, 0.3) is 0 Å². The number of hydrogen-bond acceptors (Lipinski definition) is 2. The van der Waals surface area contributed by atoms with Crippen molar-refractivity contribution in [3.05, 3.63) is 46.5 Å². The fraction of sp³-hybridized carbons (Fsp3) is 0.250. The van der Waals surface area contributed by atoms with Gasteiger partial charge in [0.1, 0.15) is 0 Å². The van der Waals surface area contributed by atoms with E-state index in [0.717, 1.165) is 10.0 Å². The molecule has 3 nitrogen and oxygen atoms in total. The van der Waals surface area contributed by atoms with E-state index < -0.39 is 5.97 Å². The Hall–Kier alpha value is -1.13. The first-order valence-corrected chi connectivity index (χ1v) is 5.68. The third-order valence-electron chi connectivity index (χ3n) is 2.66. The second-order valence-electron chi connectivity index (χ2n) is 3.83. The van der Waals surface area contributed by atoms with E-state index in [9.17, 15) is 4.79 Å². The lowest BCUT2D eigenvalue weighted by Gasteiger charge is -2.39. The number of hydrogen-bond donors (Lipinski definition) is 1. The molecule has 0 atom stereocenters. The molecule has 1 N–H and O–H groups in total. The van der Waals surface area contributed by atoms with Gasteiger partial charge in [-0.2, -0.15) is 0 Å². The van der Waals surface area contributed by atoms with Crippen molar-refractivity contribution in [3.63, 3.8) is 0 Å². The summed E-state index contributed by atoms with van der Waals surface area (Å²) < 4.78 is 6.19. The van der Waals surface area contributed by atoms with Gasteiger partial charge < -0.3 is 9.84 Å². The van der Waals surface area contributed by atoms with Crippen LogP contribution in [-0.2, 0) is 14.9 Å². The van der Waals surface area contributed by atoms with Gasteiger partial charge in [-0.15, -0.1) is 0 Å². The van der Waals surface area contributed by atoms with Crippen LogP contribution in [0.1, 0.15) is 5.56 Å². The molecule has 1 aromatic carbocycles. The summed E-state index contributed by atoms with van der Waals surface area (Å²) in [5, 5.41) is 8.66. The summed E-state index contributed by atoms with van der Waals surface area (Å²) in [7, 11) is 0. The lowest BCUT2D eigenvalue weighted by Crippen LogP contribution is -2.45. The molecule has 2 rings (SSSR count). The average molecular weight is 283 g/mol. The fourth-order valence-corrected chi connectivity index (χ4v) is 2.11. The van der Waals surface area contributed by atoms with Crippen LogP contribution in [0.15, 0.2) is 40.9 Å². The molecule has 1 saturated heterocycles. The van der Waals surface area contributed by atoms with Crippen molar-refractivity contribution in [1.29, 1.82) is 0 Å². The molecule has 16 heavy (non-hydrogen) atoms. The predicted molar refractivity (Wildman–Crippen MR) is 63.4 cm³/mol. The highest BCUT2D eigenvalue weighted by Gasteiger charge is 2.38. The van der Waals surface area contributed by atoms with Crippen LogP contribution in [0.3, 0.4) is 0 Å². The predicted octanol–water partition coefficient (Wildman–Crippen LogP) is 2.36. The molecule has 1 aliphatic rings. The Kier molecular flexibility index (Phi) is 3.12. The highest BCUT2D eigenvalue weighted by Crippen LogP contribution is 2.34. The minimum atomic E-state index is -0.929. The van der Waals surface area contributed by atoms with Crippen molar-refractivity contribution in [2.75, 3.05) is 13.2 Å². The summed E-state index contributed by atoms with van der Waals surface area (Å²) >= 11 is 3.41. The van der Waals surface area contributed by atoms with Gasteiger partial charge in [0.2, 0.25) is 0 Å². The molecule has 0 radical (unpaired) electrons. The second-order valence-corrected chi connectivity index (χ2v) is 4.75. The Morgan fingerprint density at radius 3 is 2.75 bits per heavy atom. The lowest BCUT2D eigenvalue weighted by atomic mass is 9.78. The molecule has 1 heterocycles. The van der Waals surface area contributed by atoms with Gasteiger partial charge in [-0.3, -0.25) is 0 Å². The van der Waals surface area contributed by atoms with Crippen molar-refractivity contribution < 1.29 is 14.6 Å². The zero-order valence-corrected chi connectivity index (χ0v) is 10.1. The summed E-state index contributed by atoms with van der Waals surface area (Å²) in [4.78, 5) is 10.5. The summed E-state index contributed by atoms with van der Waals surface area (Å²) in [6.45, 7) is 1.07. The van der Waals surface area contributed by atoms with Gasteiger partial charge >= 0.3 is 5.97 Å². The van der Waals surface area contributed by atoms with Gasteiger partial charge in [0, 0.05) is 10.5 Å². The van der Waals surface area contributed by atoms with Crippen LogP contribution in [0.5, 0.6) is 0 Å². The maximum atomic E-state index is 10.5. The summed E-state index contributed by atoms with van der Waals surface area (Å²) in [6.07, 6.45) is 2.89. The average Bonchev–Trinajstić information content (AvgIpc) is 2.15. The Morgan fingerprint density at radius 2 is 2.25 bits per heavy atom. The molecule has 0 aliphatic carbocycles. The Balaban J connectivity index is 2.31. The third kappa shape index (κ3) is 2.18. The van der Waals surface area contributed by atoms with Crippen molar-refractivity contribution >= 4 is 21.9 Å². The SMILES string of the molecule is O=C(O)/C=C/C1(c2cccc(Br)c2)COC1. The smallest absolute Gasteiger partial charge is 0.328 e. The zero-order valence-electron chi connectivity index (χ0n) is 8.52. The molecule has 0 unspecified atom stereocenters. The minimum Gasteiger partial charge on any atom is -0.478 e. The van der Waals surface area contributed by atoms with Gasteiger partial charge in [-0.1, -0.05) is 34.1 Å². The number of carboxylic acids is 1. The Bertz CT molecular complexity index is 436.